The van der Waals surface area contributed by atoms with Crippen LogP contribution < -0.4 is 15.4 Å². The summed E-state index contributed by atoms with van der Waals surface area (Å²) < 4.78 is 18.2. The largest absolute Gasteiger partial charge is 0.497 e. The van der Waals surface area contributed by atoms with Gasteiger partial charge in [-0.15, -0.1) is 0 Å². The van der Waals surface area contributed by atoms with Crippen LogP contribution in [0.1, 0.15) is 17.2 Å². The monoisotopic (exact) mass is 346 g/mol. The average Bonchev–Trinajstić information content (AvgIpc) is 2.60. The van der Waals surface area contributed by atoms with E-state index >= 15 is 0 Å². The number of aliphatic hydroxyl groups is 1. The molecule has 0 radical (unpaired) electrons. The normalized spacial score (nSPS) is 11.5. The molecule has 0 aromatic heterocycles. The third-order valence-electron chi connectivity index (χ3n) is 3.58. The van der Waals surface area contributed by atoms with Gasteiger partial charge < -0.3 is 20.5 Å². The summed E-state index contributed by atoms with van der Waals surface area (Å²) in [5, 5.41) is 14.7. The maximum absolute atomic E-state index is 13.1. The van der Waals surface area contributed by atoms with Crippen molar-refractivity contribution in [3.63, 3.8) is 0 Å². The lowest BCUT2D eigenvalue weighted by Crippen LogP contribution is -2.37. The number of amides is 2. The molecular weight excluding hydrogens is 327 g/mol. The van der Waals surface area contributed by atoms with Crippen LogP contribution in [0.15, 0.2) is 42.5 Å². The van der Waals surface area contributed by atoms with Gasteiger partial charge in [0.2, 0.25) is 0 Å². The van der Waals surface area contributed by atoms with Crippen molar-refractivity contribution in [3.8, 4) is 5.75 Å². The highest BCUT2D eigenvalue weighted by molar-refractivity contribution is 6.39. The van der Waals surface area contributed by atoms with Crippen molar-refractivity contribution in [1.29, 1.82) is 0 Å². The molecule has 1 atom stereocenters. The number of rotatable bonds is 5. The van der Waals surface area contributed by atoms with E-state index in [1.807, 2.05) is 0 Å². The van der Waals surface area contributed by atoms with Gasteiger partial charge in [-0.2, -0.15) is 0 Å². The van der Waals surface area contributed by atoms with Gasteiger partial charge in [0, 0.05) is 12.2 Å². The Morgan fingerprint density at radius 1 is 1.20 bits per heavy atom. The molecule has 132 valence electrons. The van der Waals surface area contributed by atoms with Gasteiger partial charge in [0.15, 0.2) is 0 Å². The highest BCUT2D eigenvalue weighted by atomic mass is 19.1. The smallest absolute Gasteiger partial charge is 0.313 e. The fourth-order valence-electron chi connectivity index (χ4n) is 2.18. The first-order chi connectivity index (χ1) is 11.9. The van der Waals surface area contributed by atoms with Crippen molar-refractivity contribution in [2.24, 2.45) is 0 Å². The summed E-state index contributed by atoms with van der Waals surface area (Å²) in [5.74, 6) is -1.61. The zero-order valence-electron chi connectivity index (χ0n) is 13.9. The number of aryl methyl sites for hydroxylation is 1. The molecule has 0 heterocycles. The first-order valence-corrected chi connectivity index (χ1v) is 7.58. The molecule has 0 aliphatic heterocycles. The Bertz CT molecular complexity index is 779. The summed E-state index contributed by atoms with van der Waals surface area (Å²) in [6.07, 6.45) is -1.12. The topological polar surface area (TPSA) is 87.7 Å². The average molecular weight is 346 g/mol. The number of nitrogens with one attached hydrogen (secondary N) is 2. The predicted octanol–water partition coefficient (Wildman–Crippen LogP) is 1.93. The van der Waals surface area contributed by atoms with Gasteiger partial charge in [-0.1, -0.05) is 12.1 Å². The molecule has 0 aliphatic rings. The second-order valence-corrected chi connectivity index (χ2v) is 5.42. The van der Waals surface area contributed by atoms with Gasteiger partial charge in [-0.05, 0) is 48.4 Å². The molecule has 2 aromatic rings. The van der Waals surface area contributed by atoms with Crippen molar-refractivity contribution in [2.75, 3.05) is 19.0 Å². The molecule has 1 unspecified atom stereocenters. The van der Waals surface area contributed by atoms with Crippen LogP contribution >= 0.6 is 0 Å². The molecule has 25 heavy (non-hydrogen) atoms. The highest BCUT2D eigenvalue weighted by Gasteiger charge is 2.17. The molecule has 0 saturated carbocycles. The van der Waals surface area contributed by atoms with E-state index in [9.17, 15) is 19.1 Å². The van der Waals surface area contributed by atoms with Gasteiger partial charge in [0.25, 0.3) is 0 Å². The van der Waals surface area contributed by atoms with E-state index in [1.54, 1.807) is 25.1 Å². The molecule has 3 N–H and O–H groups in total. The molecule has 0 spiro atoms. The first kappa shape index (κ1) is 18.4. The predicted molar refractivity (Wildman–Crippen MR) is 90.7 cm³/mol. The lowest BCUT2D eigenvalue weighted by Gasteiger charge is -2.13. The van der Waals surface area contributed by atoms with Crippen molar-refractivity contribution in [3.05, 3.63) is 59.4 Å². The maximum atomic E-state index is 13.1. The molecule has 0 saturated heterocycles. The Labute approximate surface area is 144 Å². The van der Waals surface area contributed by atoms with E-state index in [0.29, 0.717) is 17.0 Å². The summed E-state index contributed by atoms with van der Waals surface area (Å²) >= 11 is 0. The van der Waals surface area contributed by atoms with Crippen molar-refractivity contribution < 1.29 is 23.8 Å². The number of carbonyl (C=O) groups excluding carboxylic acids is 2. The second kappa shape index (κ2) is 8.25. The van der Waals surface area contributed by atoms with E-state index in [-0.39, 0.29) is 6.54 Å². The van der Waals surface area contributed by atoms with E-state index in [4.69, 9.17) is 4.74 Å². The molecule has 7 heteroatoms. The van der Waals surface area contributed by atoms with Gasteiger partial charge >= 0.3 is 11.8 Å². The summed E-state index contributed by atoms with van der Waals surface area (Å²) in [6, 6.07) is 10.4. The SMILES string of the molecule is COc1ccc(NC(=O)C(=O)NCC(O)c2cccc(F)c2)c(C)c1. The highest BCUT2D eigenvalue weighted by Crippen LogP contribution is 2.21. The zero-order chi connectivity index (χ0) is 18.4. The summed E-state index contributed by atoms with van der Waals surface area (Å²) in [4.78, 5) is 23.8. The number of hydrogen-bond donors (Lipinski definition) is 3. The first-order valence-electron chi connectivity index (χ1n) is 7.58. The molecule has 2 rings (SSSR count). The number of anilines is 1. The molecule has 0 fully saturated rings. The van der Waals surface area contributed by atoms with Crippen LogP contribution in [0.5, 0.6) is 5.75 Å². The fourth-order valence-corrected chi connectivity index (χ4v) is 2.18. The van der Waals surface area contributed by atoms with Crippen molar-refractivity contribution in [2.45, 2.75) is 13.0 Å². The minimum atomic E-state index is -1.12. The number of ether oxygens (including phenoxy) is 1. The molecule has 6 nitrogen and oxygen atoms in total. The fraction of sp³-hybridized carbons (Fsp3) is 0.222. The molecule has 0 bridgehead atoms. The standard InChI is InChI=1S/C18H19FN2O4/c1-11-8-14(25-2)6-7-15(11)21-18(24)17(23)20-10-16(22)12-4-3-5-13(19)9-12/h3-9,16,22H,10H2,1-2H3,(H,20,23)(H,21,24). The van der Waals surface area contributed by atoms with Gasteiger partial charge in [-0.3, -0.25) is 9.59 Å². The third-order valence-corrected chi connectivity index (χ3v) is 3.58. The van der Waals surface area contributed by atoms with Gasteiger partial charge in [-0.25, -0.2) is 4.39 Å². The third kappa shape index (κ3) is 5.02. The molecule has 2 aromatic carbocycles. The summed E-state index contributed by atoms with van der Waals surface area (Å²) in [5.41, 5.74) is 1.53. The summed E-state index contributed by atoms with van der Waals surface area (Å²) in [6.45, 7) is 1.56. The van der Waals surface area contributed by atoms with Crippen LogP contribution in [-0.4, -0.2) is 30.6 Å². The van der Waals surface area contributed by atoms with Crippen LogP contribution in [0.4, 0.5) is 10.1 Å². The lowest BCUT2D eigenvalue weighted by atomic mass is 10.1. The number of methoxy groups -OCH3 is 1. The van der Waals surface area contributed by atoms with E-state index in [1.165, 1.54) is 25.3 Å². The minimum absolute atomic E-state index is 0.211. The number of benzene rings is 2. The number of aliphatic hydroxyl groups excluding tert-OH is 1. The van der Waals surface area contributed by atoms with Crippen molar-refractivity contribution in [1.82, 2.24) is 5.32 Å². The Morgan fingerprint density at radius 3 is 2.60 bits per heavy atom. The Hall–Kier alpha value is -2.93. The summed E-state index contributed by atoms with van der Waals surface area (Å²) in [7, 11) is 1.53. The van der Waals surface area contributed by atoms with Crippen LogP contribution in [0.2, 0.25) is 0 Å². The minimum Gasteiger partial charge on any atom is -0.497 e. The van der Waals surface area contributed by atoms with Crippen LogP contribution in [0.3, 0.4) is 0 Å². The van der Waals surface area contributed by atoms with Gasteiger partial charge in [0.1, 0.15) is 11.6 Å². The second-order valence-electron chi connectivity index (χ2n) is 5.42. The number of halogens is 1. The molecule has 0 aliphatic carbocycles. The molecule has 2 amide bonds. The number of hydrogen-bond acceptors (Lipinski definition) is 4. The van der Waals surface area contributed by atoms with E-state index < -0.39 is 23.7 Å². The van der Waals surface area contributed by atoms with E-state index in [2.05, 4.69) is 10.6 Å². The molecular formula is C18H19FN2O4. The van der Waals surface area contributed by atoms with E-state index in [0.717, 1.165) is 11.6 Å². The van der Waals surface area contributed by atoms with Crippen molar-refractivity contribution >= 4 is 17.5 Å². The lowest BCUT2D eigenvalue weighted by molar-refractivity contribution is -0.136. The van der Waals surface area contributed by atoms with Crippen LogP contribution in [-0.2, 0) is 9.59 Å². The zero-order valence-corrected chi connectivity index (χ0v) is 13.9. The quantitative estimate of drug-likeness (QED) is 0.722. The Morgan fingerprint density at radius 2 is 1.96 bits per heavy atom. The van der Waals surface area contributed by atoms with Gasteiger partial charge in [0.05, 0.1) is 13.2 Å². The Balaban J connectivity index is 1.91. The maximum Gasteiger partial charge on any atom is 0.313 e. The Kier molecular flexibility index (Phi) is 6.08. The van der Waals surface area contributed by atoms with Crippen LogP contribution in [0.25, 0.3) is 0 Å². The number of carbonyl (C=O) groups is 2. The van der Waals surface area contributed by atoms with Crippen LogP contribution in [0, 0.1) is 12.7 Å².